The zero-order valence-corrected chi connectivity index (χ0v) is 22.2. The summed E-state index contributed by atoms with van der Waals surface area (Å²) in [6.07, 6.45) is 13.4. The van der Waals surface area contributed by atoms with Crippen LogP contribution in [-0.4, -0.2) is 6.21 Å². The van der Waals surface area contributed by atoms with Gasteiger partial charge in [0.15, 0.2) is 0 Å². The van der Waals surface area contributed by atoms with E-state index in [1.807, 2.05) is 36.7 Å². The van der Waals surface area contributed by atoms with Crippen LogP contribution in [0.1, 0.15) is 42.0 Å². The molecule has 0 atom stereocenters. The lowest BCUT2D eigenvalue weighted by Gasteiger charge is -2.19. The molecule has 38 heavy (non-hydrogen) atoms. The zero-order valence-electron chi connectivity index (χ0n) is 21.5. The van der Waals surface area contributed by atoms with Gasteiger partial charge in [-0.25, -0.2) is 4.39 Å². The Hall–Kier alpha value is -3.75. The largest absolute Gasteiger partial charge is 0.269 e. The van der Waals surface area contributed by atoms with E-state index in [0.717, 1.165) is 35.3 Å². The van der Waals surface area contributed by atoms with Crippen molar-refractivity contribution in [3.8, 4) is 11.1 Å². The minimum Gasteiger partial charge on any atom is -0.269 e. The highest BCUT2D eigenvalue weighted by molar-refractivity contribution is 6.33. The van der Waals surface area contributed by atoms with E-state index in [0.29, 0.717) is 10.6 Å². The highest BCUT2D eigenvalue weighted by atomic mass is 35.5. The van der Waals surface area contributed by atoms with E-state index in [2.05, 4.69) is 60.5 Å². The Bertz CT molecular complexity index is 1830. The fraction of sp³-hybridized carbons (Fsp3) is 0.171. The lowest BCUT2D eigenvalue weighted by molar-refractivity contribution is 0.631. The minimum absolute atomic E-state index is 0.234. The lowest BCUT2D eigenvalue weighted by atomic mass is 9.85. The smallest absolute Gasteiger partial charge is 0.131 e. The van der Waals surface area contributed by atoms with Gasteiger partial charge in [-0.3, -0.25) is 4.99 Å². The first-order chi connectivity index (χ1) is 18.6. The van der Waals surface area contributed by atoms with Gasteiger partial charge in [0.05, 0.1) is 0 Å². The first kappa shape index (κ1) is 24.6. The Labute approximate surface area is 227 Å². The van der Waals surface area contributed by atoms with Gasteiger partial charge in [-0.1, -0.05) is 83.9 Å². The molecule has 0 amide bonds. The molecule has 0 saturated carbocycles. The molecule has 0 aromatic heterocycles. The van der Waals surface area contributed by atoms with Crippen molar-refractivity contribution in [2.45, 2.75) is 39.0 Å². The zero-order chi connectivity index (χ0) is 26.1. The highest BCUT2D eigenvalue weighted by Gasteiger charge is 2.17. The van der Waals surface area contributed by atoms with Crippen LogP contribution in [0.15, 0.2) is 84.0 Å². The summed E-state index contributed by atoms with van der Waals surface area (Å²) >= 11 is 6.54. The summed E-state index contributed by atoms with van der Waals surface area (Å²) in [5.74, 6) is -0.234. The summed E-state index contributed by atoms with van der Waals surface area (Å²) in [6.45, 7) is 2.25. The normalized spacial score (nSPS) is 14.7. The van der Waals surface area contributed by atoms with Crippen LogP contribution in [-0.2, 0) is 19.3 Å². The summed E-state index contributed by atoms with van der Waals surface area (Å²) in [4.78, 5) is 4.08. The molecule has 188 valence electrons. The number of hydrogen-bond acceptors (Lipinski definition) is 1. The van der Waals surface area contributed by atoms with E-state index in [9.17, 15) is 4.39 Å². The molecule has 0 bridgehead atoms. The highest BCUT2D eigenvalue weighted by Crippen LogP contribution is 2.29. The van der Waals surface area contributed by atoms with Gasteiger partial charge >= 0.3 is 0 Å². The molecule has 0 saturated heterocycles. The summed E-state index contributed by atoms with van der Waals surface area (Å²) in [6, 6.07) is 23.7. The second-order valence-corrected chi connectivity index (χ2v) is 10.5. The SMILES string of the molecule is C1=Cc2ccccc2CC=N1.CC1=c2ccc3c(c2CCC1)CC=c1c(-c2ccccc2F)c(Cl)ccc1=3. The number of fused-ring (bicyclic) bond motifs is 5. The summed E-state index contributed by atoms with van der Waals surface area (Å²) in [5, 5.41) is 5.51. The first-order valence-corrected chi connectivity index (χ1v) is 13.6. The van der Waals surface area contributed by atoms with Gasteiger partial charge in [-0.05, 0) is 93.9 Å². The van der Waals surface area contributed by atoms with E-state index >= 15 is 0 Å². The monoisotopic (exact) mass is 517 g/mol. The predicted molar refractivity (Wildman–Crippen MR) is 158 cm³/mol. The molecule has 0 N–H and O–H groups in total. The molecule has 3 heteroatoms. The van der Waals surface area contributed by atoms with Crippen LogP contribution in [0.4, 0.5) is 4.39 Å². The number of halogens is 2. The molecule has 4 aromatic carbocycles. The lowest BCUT2D eigenvalue weighted by Crippen LogP contribution is -2.22. The van der Waals surface area contributed by atoms with Crippen LogP contribution < -0.4 is 10.4 Å². The number of hydrogen-bond donors (Lipinski definition) is 0. The first-order valence-electron chi connectivity index (χ1n) is 13.3. The Balaban J connectivity index is 0.000000200. The standard InChI is InChI=1S/C25H20ClF.C10H9N/c1-15-5-4-7-17-16(15)9-10-19-18(17)11-12-21-20(19)13-14-23(26)25(21)22-6-2-3-8-24(22)27;1-2-4-10-6-8-11-7-5-9(10)3-1/h2-3,6,8-10,12-14H,4-5,7,11H2,1H3;1-5,7-8H,6H2. The average molecular weight is 518 g/mol. The van der Waals surface area contributed by atoms with Crippen molar-refractivity contribution in [2.75, 3.05) is 0 Å². The van der Waals surface area contributed by atoms with Crippen molar-refractivity contribution >= 4 is 35.5 Å². The maximum Gasteiger partial charge on any atom is 0.131 e. The minimum atomic E-state index is -0.234. The molecule has 7 rings (SSSR count). The van der Waals surface area contributed by atoms with Gasteiger partial charge in [0.25, 0.3) is 0 Å². The van der Waals surface area contributed by atoms with Gasteiger partial charge in [-0.2, -0.15) is 0 Å². The van der Waals surface area contributed by atoms with Crippen LogP contribution in [0, 0.1) is 16.3 Å². The Morgan fingerprint density at radius 1 is 0.789 bits per heavy atom. The molecule has 1 aliphatic heterocycles. The van der Waals surface area contributed by atoms with E-state index in [-0.39, 0.29) is 5.82 Å². The predicted octanol–water partition coefficient (Wildman–Crippen LogP) is 7.56. The number of nitrogens with zero attached hydrogens (tertiary/aromatic N) is 1. The van der Waals surface area contributed by atoms with Crippen molar-refractivity contribution < 1.29 is 4.39 Å². The molecule has 3 aliphatic rings. The van der Waals surface area contributed by atoms with Crippen LogP contribution in [0.3, 0.4) is 0 Å². The maximum atomic E-state index is 14.5. The molecule has 0 radical (unpaired) electrons. The molecule has 1 nitrogen and oxygen atoms in total. The van der Waals surface area contributed by atoms with Gasteiger partial charge < -0.3 is 0 Å². The van der Waals surface area contributed by atoms with Gasteiger partial charge in [0, 0.05) is 35.0 Å². The molecular weight excluding hydrogens is 489 g/mol. The van der Waals surface area contributed by atoms with Gasteiger partial charge in [0.1, 0.15) is 5.82 Å². The number of benzene rings is 4. The maximum absolute atomic E-state index is 14.5. The van der Waals surface area contributed by atoms with Crippen molar-refractivity contribution in [1.29, 1.82) is 0 Å². The van der Waals surface area contributed by atoms with Crippen LogP contribution in [0.25, 0.3) is 28.9 Å². The molecule has 0 spiro atoms. The topological polar surface area (TPSA) is 12.4 Å². The number of aliphatic imine (C=N–C) groups is 1. The van der Waals surface area contributed by atoms with Gasteiger partial charge in [0.2, 0.25) is 0 Å². The molecule has 0 fully saturated rings. The quantitative estimate of drug-likeness (QED) is 0.247. The third-order valence-corrected chi connectivity index (χ3v) is 8.13. The fourth-order valence-electron chi connectivity index (χ4n) is 5.93. The molecule has 1 heterocycles. The molecular formula is C35H29ClFN. The molecule has 0 unspecified atom stereocenters. The van der Waals surface area contributed by atoms with Gasteiger partial charge in [-0.15, -0.1) is 0 Å². The molecule has 4 aromatic rings. The summed E-state index contributed by atoms with van der Waals surface area (Å²) < 4.78 is 14.5. The van der Waals surface area contributed by atoms with E-state index < -0.39 is 0 Å². The summed E-state index contributed by atoms with van der Waals surface area (Å²) in [7, 11) is 0. The van der Waals surface area contributed by atoms with Crippen molar-refractivity contribution in [2.24, 2.45) is 4.99 Å². The third-order valence-electron chi connectivity index (χ3n) is 7.82. The Morgan fingerprint density at radius 2 is 1.58 bits per heavy atom. The van der Waals surface area contributed by atoms with Crippen LogP contribution >= 0.6 is 11.6 Å². The van der Waals surface area contributed by atoms with Crippen molar-refractivity contribution in [1.82, 2.24) is 0 Å². The van der Waals surface area contributed by atoms with Crippen molar-refractivity contribution in [3.63, 3.8) is 0 Å². The van der Waals surface area contributed by atoms with E-state index in [1.165, 1.54) is 57.2 Å². The third kappa shape index (κ3) is 4.54. The van der Waals surface area contributed by atoms with E-state index in [4.69, 9.17) is 11.6 Å². The van der Waals surface area contributed by atoms with Crippen LogP contribution in [0.5, 0.6) is 0 Å². The summed E-state index contributed by atoms with van der Waals surface area (Å²) in [5.41, 5.74) is 8.43. The molecule has 2 aliphatic carbocycles. The van der Waals surface area contributed by atoms with E-state index in [1.54, 1.807) is 6.07 Å². The second kappa shape index (κ2) is 10.6. The van der Waals surface area contributed by atoms with Crippen LogP contribution in [0.2, 0.25) is 5.02 Å². The van der Waals surface area contributed by atoms with Crippen molar-refractivity contribution in [3.05, 3.63) is 133 Å². The fourth-order valence-corrected chi connectivity index (χ4v) is 6.20. The average Bonchev–Trinajstić information content (AvgIpc) is 3.19. The Kier molecular flexibility index (Phi) is 6.82. The second-order valence-electron chi connectivity index (χ2n) is 10.1. The number of rotatable bonds is 1. The Morgan fingerprint density at radius 3 is 2.47 bits per heavy atom.